The first-order chi connectivity index (χ1) is 14.4. The van der Waals surface area contributed by atoms with Crippen LogP contribution in [0.25, 0.3) is 5.70 Å². The number of allylic oxidation sites excluding steroid dienone is 1. The quantitative estimate of drug-likeness (QED) is 0.491. The third-order valence-electron chi connectivity index (χ3n) is 4.82. The highest BCUT2D eigenvalue weighted by Crippen LogP contribution is 2.47. The van der Waals surface area contributed by atoms with Crippen molar-refractivity contribution in [2.24, 2.45) is 4.99 Å². The number of esters is 1. The van der Waals surface area contributed by atoms with E-state index < -0.39 is 12.0 Å². The van der Waals surface area contributed by atoms with Crippen LogP contribution in [0, 0.1) is 5.82 Å². The molecule has 0 aromatic heterocycles. The van der Waals surface area contributed by atoms with Crippen LogP contribution in [0.5, 0.6) is 0 Å². The highest BCUT2D eigenvalue weighted by molar-refractivity contribution is 8.16. The summed E-state index contributed by atoms with van der Waals surface area (Å²) in [5.41, 5.74) is 3.39. The van der Waals surface area contributed by atoms with E-state index in [0.29, 0.717) is 21.3 Å². The molecule has 1 atom stereocenters. The SMILES string of the molecule is CCOC(=O)C1=C(C)N=C2SC=C(c3ccc(Cl)c(Cl)c3)N2C1c1ccc(F)cc1. The summed E-state index contributed by atoms with van der Waals surface area (Å²) in [6.07, 6.45) is 0. The molecule has 2 aromatic rings. The molecular weight excluding hydrogens is 446 g/mol. The number of amidine groups is 1. The minimum atomic E-state index is -0.521. The maximum atomic E-state index is 13.6. The monoisotopic (exact) mass is 462 g/mol. The molecule has 0 fully saturated rings. The molecule has 0 spiro atoms. The number of fused-ring (bicyclic) bond motifs is 1. The van der Waals surface area contributed by atoms with Gasteiger partial charge in [-0.05, 0) is 43.7 Å². The summed E-state index contributed by atoms with van der Waals surface area (Å²) in [5.74, 6) is -0.796. The van der Waals surface area contributed by atoms with Gasteiger partial charge >= 0.3 is 5.97 Å². The number of benzene rings is 2. The molecule has 0 N–H and O–H groups in total. The Balaban J connectivity index is 1.86. The number of rotatable bonds is 4. The molecule has 1 unspecified atom stereocenters. The van der Waals surface area contributed by atoms with Gasteiger partial charge in [0.05, 0.1) is 39.7 Å². The van der Waals surface area contributed by atoms with Gasteiger partial charge in [0.2, 0.25) is 0 Å². The molecule has 4 nitrogen and oxygen atoms in total. The summed E-state index contributed by atoms with van der Waals surface area (Å²) in [6, 6.07) is 10.9. The number of carbonyl (C=O) groups excluding carboxylic acids is 1. The van der Waals surface area contributed by atoms with Crippen LogP contribution in [0.4, 0.5) is 4.39 Å². The van der Waals surface area contributed by atoms with Crippen LogP contribution in [0.2, 0.25) is 10.0 Å². The van der Waals surface area contributed by atoms with Crippen molar-refractivity contribution in [1.29, 1.82) is 0 Å². The Morgan fingerprint density at radius 2 is 1.93 bits per heavy atom. The van der Waals surface area contributed by atoms with Crippen LogP contribution in [-0.4, -0.2) is 22.6 Å². The molecule has 0 aliphatic carbocycles. The van der Waals surface area contributed by atoms with Crippen molar-refractivity contribution in [1.82, 2.24) is 4.90 Å². The maximum absolute atomic E-state index is 13.6. The summed E-state index contributed by atoms with van der Waals surface area (Å²) in [4.78, 5) is 19.5. The fourth-order valence-corrected chi connectivity index (χ4v) is 4.75. The summed E-state index contributed by atoms with van der Waals surface area (Å²) in [5, 5.41) is 3.56. The minimum absolute atomic E-state index is 0.243. The van der Waals surface area contributed by atoms with E-state index in [2.05, 4.69) is 4.99 Å². The third-order valence-corrected chi connectivity index (χ3v) is 6.40. The van der Waals surface area contributed by atoms with Gasteiger partial charge in [-0.2, -0.15) is 0 Å². The molecule has 8 heteroatoms. The van der Waals surface area contributed by atoms with Crippen molar-refractivity contribution in [3.63, 3.8) is 0 Å². The molecule has 30 heavy (non-hydrogen) atoms. The molecule has 0 bridgehead atoms. The lowest BCUT2D eigenvalue weighted by Crippen LogP contribution is -2.36. The highest BCUT2D eigenvalue weighted by Gasteiger charge is 2.41. The Bertz CT molecular complexity index is 1110. The first-order valence-electron chi connectivity index (χ1n) is 9.24. The number of hydrogen-bond donors (Lipinski definition) is 0. The van der Waals surface area contributed by atoms with Gasteiger partial charge in [-0.15, -0.1) is 0 Å². The van der Waals surface area contributed by atoms with Crippen molar-refractivity contribution < 1.29 is 13.9 Å². The third kappa shape index (κ3) is 3.75. The number of carbonyl (C=O) groups is 1. The predicted molar refractivity (Wildman–Crippen MR) is 120 cm³/mol. The highest BCUT2D eigenvalue weighted by atomic mass is 35.5. The first-order valence-corrected chi connectivity index (χ1v) is 10.9. The fourth-order valence-electron chi connectivity index (χ4n) is 3.48. The summed E-state index contributed by atoms with van der Waals surface area (Å²) < 4.78 is 18.9. The van der Waals surface area contributed by atoms with Crippen molar-refractivity contribution in [3.05, 3.63) is 86.1 Å². The number of ether oxygens (including phenoxy) is 1. The maximum Gasteiger partial charge on any atom is 0.338 e. The van der Waals surface area contributed by atoms with E-state index >= 15 is 0 Å². The van der Waals surface area contributed by atoms with Crippen LogP contribution < -0.4 is 0 Å². The largest absolute Gasteiger partial charge is 0.463 e. The summed E-state index contributed by atoms with van der Waals surface area (Å²) in [6.45, 7) is 3.78. The molecule has 2 aliphatic rings. The number of halogens is 3. The molecule has 154 valence electrons. The Morgan fingerprint density at radius 1 is 1.20 bits per heavy atom. The van der Waals surface area contributed by atoms with Gasteiger partial charge in [0.1, 0.15) is 5.82 Å². The average Bonchev–Trinajstić information content (AvgIpc) is 3.13. The normalized spacial score (nSPS) is 18.2. The standard InChI is InChI=1S/C22H17Cl2FN2O2S/c1-3-29-21(28)19-12(2)26-22-27(20(19)13-4-7-15(25)8-5-13)18(11-30-22)14-6-9-16(23)17(24)10-14/h4-11,20H,3H2,1-2H3. The van der Waals surface area contributed by atoms with Crippen LogP contribution in [0.15, 0.2) is 64.1 Å². The second-order valence-corrected chi connectivity index (χ2v) is 8.34. The lowest BCUT2D eigenvalue weighted by Gasteiger charge is -2.36. The molecule has 2 heterocycles. The van der Waals surface area contributed by atoms with Gasteiger partial charge in [-0.3, -0.25) is 0 Å². The molecular formula is C22H17Cl2FN2O2S. The van der Waals surface area contributed by atoms with Crippen molar-refractivity contribution >= 4 is 51.8 Å². The second kappa shape index (κ2) is 8.46. The van der Waals surface area contributed by atoms with Crippen LogP contribution >= 0.6 is 35.0 Å². The van der Waals surface area contributed by atoms with Gasteiger partial charge in [-0.1, -0.05) is 53.2 Å². The lowest BCUT2D eigenvalue weighted by molar-refractivity contribution is -0.139. The lowest BCUT2D eigenvalue weighted by atomic mass is 9.93. The Labute approximate surface area is 188 Å². The number of nitrogens with zero attached hydrogens (tertiary/aromatic N) is 2. The number of aliphatic imine (C=N–C) groups is 1. The van der Waals surface area contributed by atoms with Gasteiger partial charge in [0, 0.05) is 11.0 Å². The Morgan fingerprint density at radius 3 is 2.60 bits per heavy atom. The van der Waals surface area contributed by atoms with E-state index in [-0.39, 0.29) is 12.4 Å². The van der Waals surface area contributed by atoms with Gasteiger partial charge in [0.25, 0.3) is 0 Å². The number of thioether (sulfide) groups is 1. The Kier molecular flexibility index (Phi) is 5.91. The van der Waals surface area contributed by atoms with E-state index in [1.807, 2.05) is 16.4 Å². The first kappa shape index (κ1) is 21.0. The molecule has 2 aromatic carbocycles. The zero-order chi connectivity index (χ0) is 21.4. The van der Waals surface area contributed by atoms with Crippen molar-refractivity contribution in [3.8, 4) is 0 Å². The van der Waals surface area contributed by atoms with E-state index in [4.69, 9.17) is 27.9 Å². The Hall–Kier alpha value is -2.28. The van der Waals surface area contributed by atoms with Crippen LogP contribution in [-0.2, 0) is 9.53 Å². The van der Waals surface area contributed by atoms with E-state index in [0.717, 1.165) is 22.0 Å². The molecule has 0 radical (unpaired) electrons. The molecule has 0 amide bonds. The van der Waals surface area contributed by atoms with Crippen molar-refractivity contribution in [2.45, 2.75) is 19.9 Å². The average molecular weight is 463 g/mol. The van der Waals surface area contributed by atoms with E-state index in [9.17, 15) is 9.18 Å². The zero-order valence-electron chi connectivity index (χ0n) is 16.2. The van der Waals surface area contributed by atoms with Gasteiger partial charge < -0.3 is 9.64 Å². The molecule has 0 saturated carbocycles. The van der Waals surface area contributed by atoms with E-state index in [1.165, 1.54) is 23.9 Å². The zero-order valence-corrected chi connectivity index (χ0v) is 18.5. The van der Waals surface area contributed by atoms with Gasteiger partial charge in [0.15, 0.2) is 5.17 Å². The van der Waals surface area contributed by atoms with Crippen LogP contribution in [0.1, 0.15) is 31.0 Å². The van der Waals surface area contributed by atoms with E-state index in [1.54, 1.807) is 38.1 Å². The summed E-state index contributed by atoms with van der Waals surface area (Å²) in [7, 11) is 0. The molecule has 2 aliphatic heterocycles. The van der Waals surface area contributed by atoms with Gasteiger partial charge in [-0.25, -0.2) is 14.2 Å². The fraction of sp³-hybridized carbons (Fsp3) is 0.182. The van der Waals surface area contributed by atoms with Crippen molar-refractivity contribution in [2.75, 3.05) is 6.61 Å². The minimum Gasteiger partial charge on any atom is -0.463 e. The predicted octanol–water partition coefficient (Wildman–Crippen LogP) is 6.43. The molecule has 0 saturated heterocycles. The topological polar surface area (TPSA) is 41.9 Å². The molecule has 4 rings (SSSR count). The smallest absolute Gasteiger partial charge is 0.338 e. The summed E-state index contributed by atoms with van der Waals surface area (Å²) >= 11 is 13.8. The van der Waals surface area contributed by atoms with Crippen LogP contribution in [0.3, 0.4) is 0 Å². The number of hydrogen-bond acceptors (Lipinski definition) is 5. The second-order valence-electron chi connectivity index (χ2n) is 6.69.